The normalized spacial score (nSPS) is 14.5. The van der Waals surface area contributed by atoms with Gasteiger partial charge < -0.3 is 19.7 Å². The average Bonchev–Trinajstić information content (AvgIpc) is 2.78. The minimum atomic E-state index is -0.624. The lowest BCUT2D eigenvalue weighted by atomic mass is 9.94. The van der Waals surface area contributed by atoms with Crippen molar-refractivity contribution in [2.24, 2.45) is 0 Å². The van der Waals surface area contributed by atoms with Crippen LogP contribution in [0.25, 0.3) is 0 Å². The minimum absolute atomic E-state index is 0.0997. The van der Waals surface area contributed by atoms with Gasteiger partial charge in [0.1, 0.15) is 11.6 Å². The first-order valence-electron chi connectivity index (χ1n) is 9.37. The smallest absolute Gasteiger partial charge is 0.339 e. The van der Waals surface area contributed by atoms with Gasteiger partial charge in [-0.3, -0.25) is 4.79 Å². The second-order valence-electron chi connectivity index (χ2n) is 6.77. The van der Waals surface area contributed by atoms with E-state index < -0.39 is 17.8 Å². The van der Waals surface area contributed by atoms with Crippen LogP contribution in [0.15, 0.2) is 30.0 Å². The second-order valence-corrected chi connectivity index (χ2v) is 6.77. The van der Waals surface area contributed by atoms with Gasteiger partial charge in [0.2, 0.25) is 0 Å². The summed E-state index contributed by atoms with van der Waals surface area (Å²) in [5, 5.41) is 12.3. The maximum absolute atomic E-state index is 12.7. The van der Waals surface area contributed by atoms with Crippen molar-refractivity contribution < 1.29 is 23.9 Å². The number of carbonyl (C=O) groups excluding carboxylic acids is 3. The Balaban J connectivity index is 2.28. The van der Waals surface area contributed by atoms with Gasteiger partial charge in [0.15, 0.2) is 0 Å². The lowest BCUT2D eigenvalue weighted by molar-refractivity contribution is -0.128. The van der Waals surface area contributed by atoms with Gasteiger partial charge in [-0.25, -0.2) is 9.59 Å². The van der Waals surface area contributed by atoms with E-state index in [1.807, 2.05) is 6.07 Å². The van der Waals surface area contributed by atoms with Crippen molar-refractivity contribution in [2.75, 3.05) is 26.6 Å². The molecule has 8 nitrogen and oxygen atoms in total. The summed E-state index contributed by atoms with van der Waals surface area (Å²) < 4.78 is 9.44. The Morgan fingerprint density at radius 1 is 1.14 bits per heavy atom. The predicted molar refractivity (Wildman–Crippen MR) is 106 cm³/mol. The molecule has 1 aliphatic carbocycles. The molecule has 1 amide bonds. The molecule has 0 radical (unpaired) electrons. The zero-order chi connectivity index (χ0) is 21.4. The van der Waals surface area contributed by atoms with Gasteiger partial charge in [0.25, 0.3) is 5.91 Å². The molecule has 154 valence electrons. The Kier molecular flexibility index (Phi) is 7.78. The highest BCUT2D eigenvalue weighted by atomic mass is 16.5. The Morgan fingerprint density at radius 2 is 1.79 bits per heavy atom. The summed E-state index contributed by atoms with van der Waals surface area (Å²) in [6, 6.07) is 6.26. The third kappa shape index (κ3) is 5.35. The van der Waals surface area contributed by atoms with E-state index in [1.165, 1.54) is 38.6 Å². The Labute approximate surface area is 170 Å². The molecule has 2 rings (SSSR count). The van der Waals surface area contributed by atoms with Crippen LogP contribution in [0, 0.1) is 11.3 Å². The van der Waals surface area contributed by atoms with Crippen LogP contribution in [0.3, 0.4) is 0 Å². The van der Waals surface area contributed by atoms with Gasteiger partial charge in [0.05, 0.1) is 31.0 Å². The van der Waals surface area contributed by atoms with Gasteiger partial charge in [-0.05, 0) is 31.0 Å². The molecule has 8 heteroatoms. The lowest BCUT2D eigenvalue weighted by Crippen LogP contribution is -2.39. The number of hydrogen-bond donors (Lipinski definition) is 1. The lowest BCUT2D eigenvalue weighted by Gasteiger charge is -2.31. The van der Waals surface area contributed by atoms with E-state index in [1.54, 1.807) is 11.9 Å². The molecule has 29 heavy (non-hydrogen) atoms. The monoisotopic (exact) mass is 399 g/mol. The summed E-state index contributed by atoms with van der Waals surface area (Å²) in [4.78, 5) is 38.1. The number of nitrogens with zero attached hydrogens (tertiary/aromatic N) is 2. The Morgan fingerprint density at radius 3 is 2.38 bits per heavy atom. The number of rotatable bonds is 6. The molecule has 0 saturated heterocycles. The zero-order valence-electron chi connectivity index (χ0n) is 16.9. The fraction of sp³-hybridized carbons (Fsp3) is 0.429. The van der Waals surface area contributed by atoms with Gasteiger partial charge in [-0.2, -0.15) is 5.26 Å². The highest BCUT2D eigenvalue weighted by Gasteiger charge is 2.24. The number of benzene rings is 1. The quantitative estimate of drug-likeness (QED) is 0.445. The maximum atomic E-state index is 12.7. The van der Waals surface area contributed by atoms with Crippen LogP contribution in [0.5, 0.6) is 0 Å². The molecule has 1 aromatic carbocycles. The van der Waals surface area contributed by atoms with Crippen molar-refractivity contribution in [1.29, 1.82) is 5.26 Å². The van der Waals surface area contributed by atoms with Crippen LogP contribution in [-0.2, 0) is 14.3 Å². The first-order valence-corrected chi connectivity index (χ1v) is 9.37. The molecular formula is C21H25N3O5. The second kappa shape index (κ2) is 10.3. The fourth-order valence-corrected chi connectivity index (χ4v) is 3.31. The first-order chi connectivity index (χ1) is 13.9. The Hall–Kier alpha value is -3.34. The molecule has 1 saturated carbocycles. The van der Waals surface area contributed by atoms with Crippen LogP contribution in [-0.4, -0.2) is 50.1 Å². The number of carbonyl (C=O) groups is 3. The number of nitrogens with one attached hydrogen (secondary N) is 1. The van der Waals surface area contributed by atoms with Crippen LogP contribution in [0.1, 0.15) is 52.8 Å². The molecule has 0 bridgehead atoms. The van der Waals surface area contributed by atoms with E-state index in [0.717, 1.165) is 32.1 Å². The first kappa shape index (κ1) is 22.0. The topological polar surface area (TPSA) is 109 Å². The molecule has 0 aromatic heterocycles. The average molecular weight is 399 g/mol. The summed E-state index contributed by atoms with van der Waals surface area (Å²) in [6.45, 7) is 0. The molecule has 1 N–H and O–H groups in total. The number of nitriles is 1. The molecule has 1 aromatic rings. The number of anilines is 1. The van der Waals surface area contributed by atoms with Gasteiger partial charge >= 0.3 is 11.9 Å². The number of ether oxygens (including phenoxy) is 2. The van der Waals surface area contributed by atoms with Crippen molar-refractivity contribution in [3.63, 3.8) is 0 Å². The van der Waals surface area contributed by atoms with Crippen molar-refractivity contribution in [2.45, 2.75) is 38.1 Å². The van der Waals surface area contributed by atoms with Crippen LogP contribution >= 0.6 is 0 Å². The molecular weight excluding hydrogens is 374 g/mol. The Bertz CT molecular complexity index is 850. The number of amides is 1. The number of methoxy groups -OCH3 is 2. The number of esters is 2. The summed E-state index contributed by atoms with van der Waals surface area (Å²) in [6.07, 6.45) is 6.37. The van der Waals surface area contributed by atoms with Crippen molar-refractivity contribution in [3.05, 3.63) is 41.1 Å². The molecule has 1 fully saturated rings. The highest BCUT2D eigenvalue weighted by molar-refractivity contribution is 6.00. The summed E-state index contributed by atoms with van der Waals surface area (Å²) in [7, 11) is 4.18. The van der Waals surface area contributed by atoms with E-state index in [4.69, 9.17) is 9.47 Å². The van der Waals surface area contributed by atoms with E-state index in [-0.39, 0.29) is 28.4 Å². The van der Waals surface area contributed by atoms with E-state index >= 15 is 0 Å². The van der Waals surface area contributed by atoms with E-state index in [0.29, 0.717) is 0 Å². The largest absolute Gasteiger partial charge is 0.465 e. The molecule has 1 aliphatic rings. The minimum Gasteiger partial charge on any atom is -0.465 e. The predicted octanol–water partition coefficient (Wildman–Crippen LogP) is 2.87. The van der Waals surface area contributed by atoms with Gasteiger partial charge in [-0.1, -0.05) is 19.3 Å². The molecule has 0 aliphatic heterocycles. The zero-order valence-corrected chi connectivity index (χ0v) is 16.9. The summed E-state index contributed by atoms with van der Waals surface area (Å²) in [5.41, 5.74) is 0.486. The van der Waals surface area contributed by atoms with Crippen molar-refractivity contribution >= 4 is 23.5 Å². The van der Waals surface area contributed by atoms with Crippen LogP contribution in [0.4, 0.5) is 5.69 Å². The summed E-state index contributed by atoms with van der Waals surface area (Å²) in [5.74, 6) is -1.60. The van der Waals surface area contributed by atoms with Crippen LogP contribution < -0.4 is 5.32 Å². The van der Waals surface area contributed by atoms with Gasteiger partial charge in [-0.15, -0.1) is 0 Å². The fourth-order valence-electron chi connectivity index (χ4n) is 3.31. The molecule has 0 spiro atoms. The SMILES string of the molecule is COC(=O)c1ccc(C(=O)OC)c(N/C=C(/C#N)C(=O)N(C)C2CCCCC2)c1. The molecule has 0 unspecified atom stereocenters. The highest BCUT2D eigenvalue weighted by Crippen LogP contribution is 2.23. The molecule has 0 heterocycles. The van der Waals surface area contributed by atoms with Crippen molar-refractivity contribution in [1.82, 2.24) is 4.90 Å². The summed E-state index contributed by atoms with van der Waals surface area (Å²) >= 11 is 0. The third-order valence-electron chi connectivity index (χ3n) is 5.01. The molecule has 0 atom stereocenters. The van der Waals surface area contributed by atoms with E-state index in [9.17, 15) is 19.6 Å². The number of hydrogen-bond acceptors (Lipinski definition) is 7. The standard InChI is InChI=1S/C21H25N3O5/c1-24(16-7-5-4-6-8-16)19(25)15(12-22)13-23-18-11-14(20(26)28-2)9-10-17(18)21(27)29-3/h9-11,13,16,23H,4-8H2,1-3H3/b15-13-. The maximum Gasteiger partial charge on any atom is 0.339 e. The van der Waals surface area contributed by atoms with Crippen molar-refractivity contribution in [3.8, 4) is 6.07 Å². The third-order valence-corrected chi connectivity index (χ3v) is 5.01. The van der Waals surface area contributed by atoms with Crippen LogP contribution in [0.2, 0.25) is 0 Å². The van der Waals surface area contributed by atoms with E-state index in [2.05, 4.69) is 5.32 Å². The number of likely N-dealkylation sites (N-methyl/N-ethyl adjacent to an activating group) is 1. The van der Waals surface area contributed by atoms with Gasteiger partial charge in [0, 0.05) is 19.3 Å².